The lowest BCUT2D eigenvalue weighted by Crippen LogP contribution is -2.39. The van der Waals surface area contributed by atoms with E-state index in [0.717, 1.165) is 10.0 Å². The third-order valence-corrected chi connectivity index (χ3v) is 3.79. The first kappa shape index (κ1) is 15.7. The van der Waals surface area contributed by atoms with Gasteiger partial charge in [0.2, 0.25) is 5.91 Å². The molecule has 5 nitrogen and oxygen atoms in total. The normalized spacial score (nSPS) is 12.4. The van der Waals surface area contributed by atoms with Crippen LogP contribution in [0.25, 0.3) is 0 Å². The number of amides is 1. The summed E-state index contributed by atoms with van der Waals surface area (Å²) in [5.74, 6) is 1.01. The smallest absolute Gasteiger partial charge is 0.242 e. The highest BCUT2D eigenvalue weighted by atomic mass is 79.9. The summed E-state index contributed by atoms with van der Waals surface area (Å²) in [7, 11) is 1.92. The Morgan fingerprint density at radius 3 is 2.67 bits per heavy atom. The third kappa shape index (κ3) is 4.41. The average Bonchev–Trinajstić information content (AvgIpc) is 2.85. The number of carbonyl (C=O) groups is 1. The third-order valence-electron chi connectivity index (χ3n) is 3.27. The van der Waals surface area contributed by atoms with Crippen molar-refractivity contribution in [3.8, 4) is 0 Å². The Labute approximate surface area is 132 Å². The molecule has 1 amide bonds. The Bertz CT molecular complexity index is 610. The van der Waals surface area contributed by atoms with Crippen LogP contribution >= 0.6 is 15.9 Å². The molecule has 0 bridgehead atoms. The second-order valence-corrected chi connectivity index (χ2v) is 5.95. The van der Waals surface area contributed by atoms with Gasteiger partial charge in [0, 0.05) is 17.1 Å². The Morgan fingerprint density at radius 2 is 2.10 bits per heavy atom. The van der Waals surface area contributed by atoms with Crippen molar-refractivity contribution in [2.24, 2.45) is 0 Å². The van der Waals surface area contributed by atoms with Crippen molar-refractivity contribution in [1.82, 2.24) is 10.1 Å². The number of nitrogens with zero attached hydrogens (tertiary/aromatic N) is 2. The Hall–Kier alpha value is -1.66. The highest BCUT2D eigenvalue weighted by Gasteiger charge is 2.19. The molecule has 1 heterocycles. The predicted molar refractivity (Wildman–Crippen MR) is 84.9 cm³/mol. The molecule has 0 aliphatic rings. The van der Waals surface area contributed by atoms with Gasteiger partial charge in [-0.1, -0.05) is 33.2 Å². The molecule has 6 heteroatoms. The van der Waals surface area contributed by atoms with Crippen LogP contribution in [0.1, 0.15) is 18.2 Å². The lowest BCUT2D eigenvalue weighted by molar-refractivity contribution is -0.120. The predicted octanol–water partition coefficient (Wildman–Crippen LogP) is 3.20. The number of carbonyl (C=O) groups excluding carboxylic acids is 1. The van der Waals surface area contributed by atoms with Gasteiger partial charge in [-0.15, -0.1) is 0 Å². The molecule has 0 radical (unpaired) electrons. The summed E-state index contributed by atoms with van der Waals surface area (Å²) in [4.78, 5) is 14.1. The van der Waals surface area contributed by atoms with E-state index in [0.29, 0.717) is 18.1 Å². The number of benzene rings is 1. The summed E-state index contributed by atoms with van der Waals surface area (Å²) in [6, 6.07) is 9.47. The first-order valence-corrected chi connectivity index (χ1v) is 7.44. The number of rotatable bonds is 5. The van der Waals surface area contributed by atoms with Crippen LogP contribution in [-0.2, 0) is 11.3 Å². The van der Waals surface area contributed by atoms with Crippen LogP contribution in [0, 0.1) is 6.92 Å². The molecule has 0 aliphatic carbocycles. The molecule has 0 saturated carbocycles. The van der Waals surface area contributed by atoms with Crippen LogP contribution in [0.15, 0.2) is 39.3 Å². The first-order chi connectivity index (χ1) is 9.95. The van der Waals surface area contributed by atoms with Crippen molar-refractivity contribution in [2.75, 3.05) is 12.4 Å². The quantitative estimate of drug-likeness (QED) is 0.898. The van der Waals surface area contributed by atoms with Crippen LogP contribution in [0.4, 0.5) is 5.82 Å². The van der Waals surface area contributed by atoms with Gasteiger partial charge >= 0.3 is 0 Å². The summed E-state index contributed by atoms with van der Waals surface area (Å²) in [5, 5.41) is 6.51. The minimum absolute atomic E-state index is 0.108. The van der Waals surface area contributed by atoms with E-state index in [-0.39, 0.29) is 11.9 Å². The van der Waals surface area contributed by atoms with Gasteiger partial charge in [-0.05, 0) is 38.6 Å². The molecule has 112 valence electrons. The number of aromatic nitrogens is 1. The van der Waals surface area contributed by atoms with Gasteiger partial charge in [-0.3, -0.25) is 9.69 Å². The van der Waals surface area contributed by atoms with Crippen LogP contribution in [0.2, 0.25) is 0 Å². The van der Waals surface area contributed by atoms with Gasteiger partial charge in [-0.2, -0.15) is 0 Å². The summed E-state index contributed by atoms with van der Waals surface area (Å²) < 4.78 is 5.97. The maximum Gasteiger partial charge on any atom is 0.242 e. The molecular weight excluding hydrogens is 334 g/mol. The minimum Gasteiger partial charge on any atom is -0.360 e. The fourth-order valence-electron chi connectivity index (χ4n) is 1.87. The Morgan fingerprint density at radius 1 is 1.43 bits per heavy atom. The molecule has 1 N–H and O–H groups in total. The second-order valence-electron chi connectivity index (χ2n) is 5.03. The maximum atomic E-state index is 12.2. The molecule has 0 aliphatic heterocycles. The van der Waals surface area contributed by atoms with Crippen molar-refractivity contribution in [3.63, 3.8) is 0 Å². The lowest BCUT2D eigenvalue weighted by Gasteiger charge is -2.23. The zero-order chi connectivity index (χ0) is 15.4. The van der Waals surface area contributed by atoms with E-state index in [9.17, 15) is 4.79 Å². The number of nitrogens with one attached hydrogen (secondary N) is 1. The summed E-state index contributed by atoms with van der Waals surface area (Å²) in [6.07, 6.45) is 0. The van der Waals surface area contributed by atoms with Gasteiger partial charge in [0.05, 0.1) is 6.04 Å². The van der Waals surface area contributed by atoms with Gasteiger partial charge in [-0.25, -0.2) is 0 Å². The van der Waals surface area contributed by atoms with E-state index in [2.05, 4.69) is 26.4 Å². The summed E-state index contributed by atoms with van der Waals surface area (Å²) in [6.45, 7) is 4.34. The molecular formula is C15H18BrN3O2. The van der Waals surface area contributed by atoms with E-state index in [1.807, 2.05) is 43.1 Å². The molecule has 1 atom stereocenters. The number of hydrogen-bond donors (Lipinski definition) is 1. The molecule has 0 saturated heterocycles. The zero-order valence-electron chi connectivity index (χ0n) is 12.3. The fraction of sp³-hybridized carbons (Fsp3) is 0.333. The number of hydrogen-bond acceptors (Lipinski definition) is 4. The number of likely N-dealkylation sites (N-methyl/N-ethyl adjacent to an activating group) is 1. The highest BCUT2D eigenvalue weighted by Crippen LogP contribution is 2.14. The molecule has 2 aromatic rings. The highest BCUT2D eigenvalue weighted by molar-refractivity contribution is 9.10. The van der Waals surface area contributed by atoms with Gasteiger partial charge in [0.1, 0.15) is 5.76 Å². The SMILES string of the molecule is Cc1cc(NC(=O)C(C)N(C)Cc2ccc(Br)cc2)no1. The second kappa shape index (κ2) is 6.87. The summed E-state index contributed by atoms with van der Waals surface area (Å²) in [5.41, 5.74) is 1.15. The maximum absolute atomic E-state index is 12.2. The molecule has 0 fully saturated rings. The molecule has 2 rings (SSSR count). The molecule has 21 heavy (non-hydrogen) atoms. The van der Waals surface area contributed by atoms with Crippen molar-refractivity contribution in [1.29, 1.82) is 0 Å². The molecule has 0 spiro atoms. The number of halogens is 1. The van der Waals surface area contributed by atoms with Crippen LogP contribution in [-0.4, -0.2) is 29.1 Å². The topological polar surface area (TPSA) is 58.4 Å². The Balaban J connectivity index is 1.93. The molecule has 1 unspecified atom stereocenters. The largest absolute Gasteiger partial charge is 0.360 e. The number of anilines is 1. The average molecular weight is 352 g/mol. The fourth-order valence-corrected chi connectivity index (χ4v) is 2.14. The van der Waals surface area contributed by atoms with E-state index < -0.39 is 0 Å². The minimum atomic E-state index is -0.273. The van der Waals surface area contributed by atoms with Gasteiger partial charge < -0.3 is 9.84 Å². The van der Waals surface area contributed by atoms with Gasteiger partial charge in [0.25, 0.3) is 0 Å². The zero-order valence-corrected chi connectivity index (χ0v) is 13.8. The first-order valence-electron chi connectivity index (χ1n) is 6.64. The van der Waals surface area contributed by atoms with Crippen LogP contribution < -0.4 is 5.32 Å². The van der Waals surface area contributed by atoms with Crippen molar-refractivity contribution in [3.05, 3.63) is 46.1 Å². The van der Waals surface area contributed by atoms with E-state index in [1.54, 1.807) is 13.0 Å². The lowest BCUT2D eigenvalue weighted by atomic mass is 10.2. The molecule has 1 aromatic carbocycles. The van der Waals surface area contributed by atoms with E-state index in [1.165, 1.54) is 0 Å². The summed E-state index contributed by atoms with van der Waals surface area (Å²) >= 11 is 3.41. The van der Waals surface area contributed by atoms with Crippen LogP contribution in [0.5, 0.6) is 0 Å². The van der Waals surface area contributed by atoms with Crippen molar-refractivity contribution < 1.29 is 9.32 Å². The standard InChI is InChI=1S/C15H18BrN3O2/c1-10-8-14(18-21-10)17-15(20)11(2)19(3)9-12-4-6-13(16)7-5-12/h4-8,11H,9H2,1-3H3,(H,17,18,20). The van der Waals surface area contributed by atoms with E-state index >= 15 is 0 Å². The monoisotopic (exact) mass is 351 g/mol. The van der Waals surface area contributed by atoms with Gasteiger partial charge in [0.15, 0.2) is 5.82 Å². The van der Waals surface area contributed by atoms with Crippen LogP contribution in [0.3, 0.4) is 0 Å². The van der Waals surface area contributed by atoms with E-state index in [4.69, 9.17) is 4.52 Å². The molecule has 1 aromatic heterocycles. The number of aryl methyl sites for hydroxylation is 1. The van der Waals surface area contributed by atoms with Crippen molar-refractivity contribution >= 4 is 27.7 Å². The Kier molecular flexibility index (Phi) is 5.14. The van der Waals surface area contributed by atoms with Crippen molar-refractivity contribution in [2.45, 2.75) is 26.4 Å².